The molecule has 2 aromatic rings. The van der Waals surface area contributed by atoms with Crippen molar-refractivity contribution < 1.29 is 18.7 Å². The van der Waals surface area contributed by atoms with Gasteiger partial charge in [0.2, 0.25) is 5.91 Å². The van der Waals surface area contributed by atoms with Crippen LogP contribution < -0.4 is 15.4 Å². The zero-order valence-corrected chi connectivity index (χ0v) is 16.0. The molecule has 2 heterocycles. The molecule has 0 spiro atoms. The summed E-state index contributed by atoms with van der Waals surface area (Å²) < 4.78 is 24.8. The molecule has 0 radical (unpaired) electrons. The normalized spacial score (nSPS) is 16.8. The minimum absolute atomic E-state index is 0.124. The van der Waals surface area contributed by atoms with Crippen LogP contribution in [-0.2, 0) is 9.53 Å². The summed E-state index contributed by atoms with van der Waals surface area (Å²) in [5, 5.41) is 6.75. The number of amides is 1. The fourth-order valence-corrected chi connectivity index (χ4v) is 3.96. The number of carbonyl (C=O) groups is 1. The van der Waals surface area contributed by atoms with Gasteiger partial charge in [0.15, 0.2) is 5.13 Å². The van der Waals surface area contributed by atoms with Gasteiger partial charge in [-0.1, -0.05) is 25.2 Å². The van der Waals surface area contributed by atoms with Gasteiger partial charge >= 0.3 is 0 Å². The lowest BCUT2D eigenvalue weighted by Gasteiger charge is -2.29. The molecule has 1 aliphatic heterocycles. The van der Waals surface area contributed by atoms with Crippen molar-refractivity contribution in [3.8, 4) is 5.75 Å². The molecule has 1 saturated heterocycles. The van der Waals surface area contributed by atoms with Crippen molar-refractivity contribution >= 4 is 32.6 Å². The Morgan fingerprint density at radius 2 is 2.12 bits per heavy atom. The average Bonchev–Trinajstić information content (AvgIpc) is 3.01. The summed E-state index contributed by atoms with van der Waals surface area (Å²) in [6.07, 6.45) is 1.79. The van der Waals surface area contributed by atoms with E-state index in [-0.39, 0.29) is 23.9 Å². The van der Waals surface area contributed by atoms with Crippen molar-refractivity contribution in [2.45, 2.75) is 38.8 Å². The van der Waals surface area contributed by atoms with Gasteiger partial charge in [-0.2, -0.15) is 0 Å². The Bertz CT molecular complexity index is 774. The van der Waals surface area contributed by atoms with E-state index in [9.17, 15) is 9.18 Å². The fraction of sp³-hybridized carbons (Fsp3) is 0.556. The smallest absolute Gasteiger partial charge is 0.243 e. The van der Waals surface area contributed by atoms with Crippen LogP contribution in [0.15, 0.2) is 12.1 Å². The first-order valence-corrected chi connectivity index (χ1v) is 9.58. The number of nitrogens with zero attached hydrogens (tertiary/aromatic N) is 1. The second kappa shape index (κ2) is 8.28. The predicted molar refractivity (Wildman–Crippen MR) is 100 cm³/mol. The SMILES string of the molecule is COc1cc(F)cc2sc(NC(=O)C(NC3CCOCC3)C(C)C)nc12. The van der Waals surface area contributed by atoms with E-state index in [2.05, 4.69) is 15.6 Å². The molecule has 1 aromatic heterocycles. The van der Waals surface area contributed by atoms with Gasteiger partial charge in [-0.3, -0.25) is 4.79 Å². The average molecular weight is 381 g/mol. The lowest BCUT2D eigenvalue weighted by molar-refractivity contribution is -0.119. The van der Waals surface area contributed by atoms with E-state index in [1.807, 2.05) is 13.8 Å². The molecule has 6 nitrogen and oxygen atoms in total. The van der Waals surface area contributed by atoms with Gasteiger partial charge in [0.1, 0.15) is 17.1 Å². The first-order valence-electron chi connectivity index (χ1n) is 8.76. The lowest BCUT2D eigenvalue weighted by atomic mass is 10.00. The molecule has 8 heteroatoms. The Morgan fingerprint density at radius 1 is 1.38 bits per heavy atom. The first kappa shape index (κ1) is 19.0. The summed E-state index contributed by atoms with van der Waals surface area (Å²) in [6, 6.07) is 2.62. The number of ether oxygens (including phenoxy) is 2. The number of rotatable bonds is 6. The van der Waals surface area contributed by atoms with Crippen LogP contribution in [0.3, 0.4) is 0 Å². The van der Waals surface area contributed by atoms with Gasteiger partial charge < -0.3 is 20.1 Å². The molecule has 1 fully saturated rings. The Morgan fingerprint density at radius 3 is 2.77 bits per heavy atom. The second-order valence-corrected chi connectivity index (χ2v) is 7.77. The van der Waals surface area contributed by atoms with Crippen LogP contribution in [-0.4, -0.2) is 43.3 Å². The Labute approximate surface area is 156 Å². The van der Waals surface area contributed by atoms with Gasteiger partial charge in [-0.05, 0) is 24.8 Å². The highest BCUT2D eigenvalue weighted by Crippen LogP contribution is 2.33. The van der Waals surface area contributed by atoms with Gasteiger partial charge in [-0.15, -0.1) is 0 Å². The maximum Gasteiger partial charge on any atom is 0.243 e. The molecule has 0 saturated carbocycles. The molecule has 1 aliphatic rings. The van der Waals surface area contributed by atoms with Crippen molar-refractivity contribution in [2.75, 3.05) is 25.6 Å². The molecule has 3 rings (SSSR count). The number of hydrogen-bond acceptors (Lipinski definition) is 6. The highest BCUT2D eigenvalue weighted by atomic mass is 32.1. The molecule has 142 valence electrons. The summed E-state index contributed by atoms with van der Waals surface area (Å²) >= 11 is 1.23. The third-order valence-corrected chi connectivity index (χ3v) is 5.38. The van der Waals surface area contributed by atoms with Crippen molar-refractivity contribution in [2.24, 2.45) is 5.92 Å². The number of halogens is 1. The highest BCUT2D eigenvalue weighted by Gasteiger charge is 2.27. The van der Waals surface area contributed by atoms with E-state index >= 15 is 0 Å². The molecule has 1 atom stereocenters. The minimum Gasteiger partial charge on any atom is -0.494 e. The number of thiazole rings is 1. The number of anilines is 1. The maximum absolute atomic E-state index is 13.6. The van der Waals surface area contributed by atoms with Gasteiger partial charge in [0.05, 0.1) is 17.9 Å². The molecule has 0 aliphatic carbocycles. The number of nitrogens with one attached hydrogen (secondary N) is 2. The molecule has 0 bridgehead atoms. The molecule has 26 heavy (non-hydrogen) atoms. The summed E-state index contributed by atoms with van der Waals surface area (Å²) in [7, 11) is 1.47. The van der Waals surface area contributed by atoms with E-state index in [1.54, 1.807) is 0 Å². The van der Waals surface area contributed by atoms with Crippen molar-refractivity contribution in [1.29, 1.82) is 0 Å². The van der Waals surface area contributed by atoms with Crippen LogP contribution in [0.1, 0.15) is 26.7 Å². The van der Waals surface area contributed by atoms with Crippen molar-refractivity contribution in [3.63, 3.8) is 0 Å². The molecule has 1 amide bonds. The quantitative estimate of drug-likeness (QED) is 0.804. The van der Waals surface area contributed by atoms with Crippen LogP contribution in [0.4, 0.5) is 9.52 Å². The van der Waals surface area contributed by atoms with Crippen LogP contribution in [0.25, 0.3) is 10.2 Å². The zero-order valence-electron chi connectivity index (χ0n) is 15.2. The lowest BCUT2D eigenvalue weighted by Crippen LogP contribution is -2.50. The minimum atomic E-state index is -0.392. The fourth-order valence-electron chi connectivity index (χ4n) is 3.05. The summed E-state index contributed by atoms with van der Waals surface area (Å²) in [6.45, 7) is 5.45. The molecule has 1 unspecified atom stereocenters. The molecule has 1 aromatic carbocycles. The third-order valence-electron chi connectivity index (χ3n) is 4.46. The summed E-state index contributed by atoms with van der Waals surface area (Å²) in [4.78, 5) is 17.2. The van der Waals surface area contributed by atoms with Crippen LogP contribution in [0.5, 0.6) is 5.75 Å². The standard InChI is InChI=1S/C18H24FN3O3S/c1-10(2)15(20-12-4-6-25-7-5-12)17(23)22-18-21-16-13(24-3)8-11(19)9-14(16)26-18/h8-10,12,15,20H,4-7H2,1-3H3,(H,21,22,23). The van der Waals surface area contributed by atoms with E-state index < -0.39 is 5.82 Å². The number of fused-ring (bicyclic) bond motifs is 1. The Kier molecular flexibility index (Phi) is 6.05. The largest absolute Gasteiger partial charge is 0.494 e. The molecular weight excluding hydrogens is 357 g/mol. The van der Waals surface area contributed by atoms with Gasteiger partial charge in [0, 0.05) is 25.3 Å². The number of aromatic nitrogens is 1. The Hall–Kier alpha value is -1.77. The summed E-state index contributed by atoms with van der Waals surface area (Å²) in [5.74, 6) is -0.0428. The van der Waals surface area contributed by atoms with E-state index in [0.29, 0.717) is 34.3 Å². The van der Waals surface area contributed by atoms with E-state index in [0.717, 1.165) is 12.8 Å². The second-order valence-electron chi connectivity index (χ2n) is 6.74. The van der Waals surface area contributed by atoms with Crippen LogP contribution >= 0.6 is 11.3 Å². The van der Waals surface area contributed by atoms with Crippen molar-refractivity contribution in [3.05, 3.63) is 17.9 Å². The maximum atomic E-state index is 13.6. The van der Waals surface area contributed by atoms with Crippen LogP contribution in [0.2, 0.25) is 0 Å². The molecular formula is C18H24FN3O3S. The number of benzene rings is 1. The number of methoxy groups -OCH3 is 1. The monoisotopic (exact) mass is 381 g/mol. The van der Waals surface area contributed by atoms with Crippen molar-refractivity contribution in [1.82, 2.24) is 10.3 Å². The summed E-state index contributed by atoms with van der Waals surface area (Å²) in [5.41, 5.74) is 0.549. The topological polar surface area (TPSA) is 72.5 Å². The zero-order chi connectivity index (χ0) is 18.7. The number of hydrogen-bond donors (Lipinski definition) is 2. The van der Waals surface area contributed by atoms with Gasteiger partial charge in [0.25, 0.3) is 0 Å². The number of carbonyl (C=O) groups excluding carboxylic acids is 1. The Balaban J connectivity index is 1.75. The van der Waals surface area contributed by atoms with Crippen LogP contribution in [0, 0.1) is 11.7 Å². The highest BCUT2D eigenvalue weighted by molar-refractivity contribution is 7.22. The molecule has 2 N–H and O–H groups in total. The first-order chi connectivity index (χ1) is 12.5. The predicted octanol–water partition coefficient (Wildman–Crippen LogP) is 3.18. The third kappa shape index (κ3) is 4.31. The van der Waals surface area contributed by atoms with Gasteiger partial charge in [-0.25, -0.2) is 9.37 Å². The van der Waals surface area contributed by atoms with E-state index in [4.69, 9.17) is 9.47 Å². The van der Waals surface area contributed by atoms with E-state index in [1.165, 1.54) is 30.6 Å².